The van der Waals surface area contributed by atoms with Crippen molar-refractivity contribution in [3.8, 4) is 5.69 Å². The maximum atomic E-state index is 14.0. The second kappa shape index (κ2) is 8.53. The van der Waals surface area contributed by atoms with E-state index in [1.807, 2.05) is 0 Å². The van der Waals surface area contributed by atoms with E-state index in [0.29, 0.717) is 10.7 Å². The maximum absolute atomic E-state index is 14.0. The van der Waals surface area contributed by atoms with Crippen molar-refractivity contribution in [2.45, 2.75) is 16.5 Å². The normalized spacial score (nSPS) is 11.5. The summed E-state index contributed by atoms with van der Waals surface area (Å²) in [5, 5.41) is 14.6. The fourth-order valence-corrected chi connectivity index (χ4v) is 4.57. The molecule has 0 spiro atoms. The number of aromatic nitrogens is 6. The van der Waals surface area contributed by atoms with Gasteiger partial charge in [0, 0.05) is 24.5 Å². The number of halogens is 3. The van der Waals surface area contributed by atoms with E-state index in [1.54, 1.807) is 30.3 Å². The van der Waals surface area contributed by atoms with E-state index < -0.39 is 20.7 Å². The number of sulfone groups is 1. The molecule has 0 amide bonds. The number of anilines is 1. The number of benzene rings is 1. The van der Waals surface area contributed by atoms with Gasteiger partial charge >= 0.3 is 0 Å². The molecule has 4 aromatic rings. The predicted octanol–water partition coefficient (Wildman–Crippen LogP) is 3.34. The van der Waals surface area contributed by atoms with Crippen molar-refractivity contribution >= 4 is 39.0 Å². The van der Waals surface area contributed by atoms with Gasteiger partial charge in [0.1, 0.15) is 4.90 Å². The smallest absolute Gasteiger partial charge is 0.248 e. The van der Waals surface area contributed by atoms with Gasteiger partial charge in [0.25, 0.3) is 0 Å². The lowest BCUT2D eigenvalue weighted by molar-refractivity contribution is 0.536. The summed E-state index contributed by atoms with van der Waals surface area (Å²) in [6.07, 6.45) is 2.47. The fourth-order valence-electron chi connectivity index (χ4n) is 2.77. The quantitative estimate of drug-likeness (QED) is 0.418. The van der Waals surface area contributed by atoms with Gasteiger partial charge in [-0.25, -0.2) is 18.4 Å². The summed E-state index contributed by atoms with van der Waals surface area (Å²) in [5.41, 5.74) is 0.704. The number of tetrazole rings is 1. The molecule has 13 heteroatoms. The van der Waals surface area contributed by atoms with Gasteiger partial charge in [0.05, 0.1) is 15.7 Å². The Hall–Kier alpha value is -3.15. The van der Waals surface area contributed by atoms with Crippen molar-refractivity contribution in [1.29, 1.82) is 0 Å². The molecule has 0 unspecified atom stereocenters. The number of hydrogen-bond acceptors (Lipinski definition) is 8. The van der Waals surface area contributed by atoms with Gasteiger partial charge in [-0.1, -0.05) is 40.4 Å². The van der Waals surface area contributed by atoms with Gasteiger partial charge in [-0.3, -0.25) is 0 Å². The molecule has 31 heavy (non-hydrogen) atoms. The van der Waals surface area contributed by atoms with Crippen LogP contribution in [0.3, 0.4) is 0 Å². The van der Waals surface area contributed by atoms with E-state index in [2.05, 4.69) is 30.8 Å². The fraction of sp³-hybridized carbons (Fsp3) is 0.0556. The van der Waals surface area contributed by atoms with Crippen molar-refractivity contribution in [2.75, 3.05) is 5.32 Å². The van der Waals surface area contributed by atoms with Crippen LogP contribution in [0.2, 0.25) is 10.0 Å². The number of hydrogen-bond donors (Lipinski definition) is 1. The molecule has 0 radical (unpaired) electrons. The zero-order valence-electron chi connectivity index (χ0n) is 15.4. The van der Waals surface area contributed by atoms with Crippen molar-refractivity contribution in [2.24, 2.45) is 0 Å². The number of nitrogens with one attached hydrogen (secondary N) is 1. The van der Waals surface area contributed by atoms with Crippen LogP contribution in [0.4, 0.5) is 10.3 Å². The molecule has 158 valence electrons. The van der Waals surface area contributed by atoms with E-state index in [4.69, 9.17) is 23.2 Å². The molecule has 0 aliphatic carbocycles. The molecule has 0 atom stereocenters. The second-order valence-corrected chi connectivity index (χ2v) is 8.72. The lowest BCUT2D eigenvalue weighted by Crippen LogP contribution is -2.14. The first kappa shape index (κ1) is 21.1. The zero-order chi connectivity index (χ0) is 22.0. The van der Waals surface area contributed by atoms with Crippen LogP contribution in [0.5, 0.6) is 0 Å². The largest absolute Gasteiger partial charge is 0.349 e. The van der Waals surface area contributed by atoms with E-state index in [0.717, 1.165) is 12.3 Å². The van der Waals surface area contributed by atoms with Gasteiger partial charge in [-0.05, 0) is 40.8 Å². The average molecular weight is 480 g/mol. The Kier molecular flexibility index (Phi) is 5.81. The SMILES string of the molecule is O=S(=O)(c1cccnc1F)c1ncccc1CNc1nnnn1-c1cccc(Cl)c1Cl. The predicted molar refractivity (Wildman–Crippen MR) is 110 cm³/mol. The Morgan fingerprint density at radius 3 is 2.61 bits per heavy atom. The molecule has 9 nitrogen and oxygen atoms in total. The van der Waals surface area contributed by atoms with Gasteiger partial charge in [-0.2, -0.15) is 9.07 Å². The average Bonchev–Trinajstić information content (AvgIpc) is 3.23. The van der Waals surface area contributed by atoms with Gasteiger partial charge in [0.15, 0.2) is 5.03 Å². The highest BCUT2D eigenvalue weighted by molar-refractivity contribution is 7.91. The van der Waals surface area contributed by atoms with Gasteiger partial charge < -0.3 is 5.32 Å². The second-order valence-electron chi connectivity index (χ2n) is 6.10. The summed E-state index contributed by atoms with van der Waals surface area (Å²) >= 11 is 12.3. The highest BCUT2D eigenvalue weighted by Crippen LogP contribution is 2.29. The van der Waals surface area contributed by atoms with Gasteiger partial charge in [0.2, 0.25) is 21.7 Å². The third-order valence-corrected chi connectivity index (χ3v) is 6.75. The minimum atomic E-state index is -4.25. The summed E-state index contributed by atoms with van der Waals surface area (Å²) in [5.74, 6) is -0.921. The van der Waals surface area contributed by atoms with Crippen LogP contribution in [0.25, 0.3) is 5.69 Å². The van der Waals surface area contributed by atoms with Crippen LogP contribution >= 0.6 is 23.2 Å². The molecular formula is C18H12Cl2FN7O2S. The number of nitrogens with zero attached hydrogens (tertiary/aromatic N) is 6. The zero-order valence-corrected chi connectivity index (χ0v) is 17.8. The first-order valence-corrected chi connectivity index (χ1v) is 10.9. The van der Waals surface area contributed by atoms with Crippen molar-refractivity contribution in [1.82, 2.24) is 30.2 Å². The van der Waals surface area contributed by atoms with Crippen molar-refractivity contribution in [3.63, 3.8) is 0 Å². The van der Waals surface area contributed by atoms with E-state index in [-0.39, 0.29) is 28.1 Å². The van der Waals surface area contributed by atoms with Crippen LogP contribution in [0.1, 0.15) is 5.56 Å². The molecule has 0 fully saturated rings. The molecule has 1 aromatic carbocycles. The van der Waals surface area contributed by atoms with Gasteiger partial charge in [-0.15, -0.1) is 0 Å². The lowest BCUT2D eigenvalue weighted by atomic mass is 10.3. The maximum Gasteiger partial charge on any atom is 0.248 e. The molecule has 0 saturated heterocycles. The first-order chi connectivity index (χ1) is 14.9. The Bertz CT molecular complexity index is 1360. The van der Waals surface area contributed by atoms with Crippen molar-refractivity contribution in [3.05, 3.63) is 76.4 Å². The van der Waals surface area contributed by atoms with E-state index >= 15 is 0 Å². The monoisotopic (exact) mass is 479 g/mol. The van der Waals surface area contributed by atoms with Crippen molar-refractivity contribution < 1.29 is 12.8 Å². The molecule has 0 saturated carbocycles. The highest BCUT2D eigenvalue weighted by atomic mass is 35.5. The number of pyridine rings is 2. The first-order valence-electron chi connectivity index (χ1n) is 8.65. The van der Waals surface area contributed by atoms with Crippen LogP contribution in [0, 0.1) is 5.95 Å². The van der Waals surface area contributed by atoms with Crippen LogP contribution in [0.15, 0.2) is 64.8 Å². The summed E-state index contributed by atoms with van der Waals surface area (Å²) in [4.78, 5) is 6.80. The van der Waals surface area contributed by atoms with E-state index in [1.165, 1.54) is 16.9 Å². The standard InChI is InChI=1S/C18H12Cl2FN7O2S/c19-12-5-1-6-13(15(12)20)28-18(25-26-27-28)24-10-11-4-2-9-23-17(11)31(29,30)14-7-3-8-22-16(14)21/h1-9H,10H2,(H,24,25,27). The molecule has 0 aliphatic rings. The minimum absolute atomic E-state index is 0.0250. The van der Waals surface area contributed by atoms with E-state index in [9.17, 15) is 12.8 Å². The molecular weight excluding hydrogens is 468 g/mol. The Morgan fingerprint density at radius 2 is 1.81 bits per heavy atom. The minimum Gasteiger partial charge on any atom is -0.349 e. The molecule has 0 aliphatic heterocycles. The Balaban J connectivity index is 1.66. The molecule has 3 heterocycles. The summed E-state index contributed by atoms with van der Waals surface area (Å²) in [7, 11) is -4.25. The summed E-state index contributed by atoms with van der Waals surface area (Å²) < 4.78 is 41.3. The van der Waals surface area contributed by atoms with Crippen LogP contribution in [-0.2, 0) is 16.4 Å². The van der Waals surface area contributed by atoms with Crippen LogP contribution in [-0.4, -0.2) is 38.6 Å². The third-order valence-electron chi connectivity index (χ3n) is 4.18. The molecule has 0 bridgehead atoms. The lowest BCUT2D eigenvalue weighted by Gasteiger charge is -2.12. The Labute approximate surface area is 185 Å². The topological polar surface area (TPSA) is 116 Å². The Morgan fingerprint density at radius 1 is 1.03 bits per heavy atom. The number of rotatable bonds is 6. The third kappa shape index (κ3) is 4.07. The summed E-state index contributed by atoms with van der Waals surface area (Å²) in [6, 6.07) is 10.5. The summed E-state index contributed by atoms with van der Waals surface area (Å²) in [6.45, 7) is -0.0250. The highest BCUT2D eigenvalue weighted by Gasteiger charge is 2.26. The van der Waals surface area contributed by atoms with Crippen LogP contribution < -0.4 is 5.32 Å². The molecule has 4 rings (SSSR count). The molecule has 1 N–H and O–H groups in total. The molecule has 3 aromatic heterocycles.